The fourth-order valence-electron chi connectivity index (χ4n) is 3.07. The number of nitrogens with zero attached hydrogens (tertiary/aromatic N) is 4. The number of rotatable bonds is 4. The van der Waals surface area contributed by atoms with Crippen LogP contribution < -0.4 is 5.32 Å². The van der Waals surface area contributed by atoms with Crippen LogP contribution in [0.15, 0.2) is 59.5 Å². The molecule has 1 aliphatic rings. The van der Waals surface area contributed by atoms with Crippen LogP contribution in [0, 0.1) is 5.82 Å². The van der Waals surface area contributed by atoms with Crippen LogP contribution in [0.2, 0.25) is 0 Å². The molecule has 8 nitrogen and oxygen atoms in total. The summed E-state index contributed by atoms with van der Waals surface area (Å²) in [4.78, 5) is 36.5. The third-order valence-electron chi connectivity index (χ3n) is 4.61. The van der Waals surface area contributed by atoms with Gasteiger partial charge in [0.15, 0.2) is 5.76 Å². The molecule has 0 spiro atoms. The lowest BCUT2D eigenvalue weighted by Gasteiger charge is -2.34. The maximum absolute atomic E-state index is 13.8. The van der Waals surface area contributed by atoms with E-state index in [0.29, 0.717) is 32.0 Å². The first-order valence-corrected chi connectivity index (χ1v) is 9.07. The smallest absolute Gasteiger partial charge is 0.289 e. The molecule has 3 aromatic rings. The van der Waals surface area contributed by atoms with Gasteiger partial charge < -0.3 is 19.5 Å². The summed E-state index contributed by atoms with van der Waals surface area (Å²) in [5.41, 5.74) is 0.458. The van der Waals surface area contributed by atoms with E-state index in [9.17, 15) is 14.0 Å². The molecule has 0 saturated carbocycles. The van der Waals surface area contributed by atoms with Gasteiger partial charge in [0.25, 0.3) is 11.8 Å². The van der Waals surface area contributed by atoms with E-state index in [4.69, 9.17) is 4.42 Å². The standard InChI is InChI=1S/C20H18FN5O3/c21-14-4-1-2-5-15(14)24-18-12-16(22-13-23-18)19(27)25-7-9-26(10-8-25)20(28)17-6-3-11-29-17/h1-6,11-13H,7-10H2,(H,22,23,24). The minimum absolute atomic E-state index is 0.194. The molecule has 1 N–H and O–H groups in total. The second-order valence-corrected chi connectivity index (χ2v) is 6.46. The Morgan fingerprint density at radius 2 is 1.69 bits per heavy atom. The van der Waals surface area contributed by atoms with Crippen LogP contribution in [0.4, 0.5) is 15.9 Å². The average molecular weight is 395 g/mol. The van der Waals surface area contributed by atoms with Gasteiger partial charge in [-0.2, -0.15) is 0 Å². The Hall–Kier alpha value is -3.75. The molecule has 1 aliphatic heterocycles. The van der Waals surface area contributed by atoms with Gasteiger partial charge in [-0.15, -0.1) is 0 Å². The summed E-state index contributed by atoms with van der Waals surface area (Å²) < 4.78 is 18.9. The Morgan fingerprint density at radius 1 is 0.966 bits per heavy atom. The van der Waals surface area contributed by atoms with E-state index in [1.54, 1.807) is 40.1 Å². The first-order valence-electron chi connectivity index (χ1n) is 9.07. The van der Waals surface area contributed by atoms with E-state index in [2.05, 4.69) is 15.3 Å². The summed E-state index contributed by atoms with van der Waals surface area (Å²) in [6, 6.07) is 11.0. The van der Waals surface area contributed by atoms with Crippen LogP contribution in [0.25, 0.3) is 0 Å². The monoisotopic (exact) mass is 395 g/mol. The topological polar surface area (TPSA) is 91.6 Å². The largest absolute Gasteiger partial charge is 0.459 e. The number of hydrogen-bond donors (Lipinski definition) is 1. The van der Waals surface area contributed by atoms with Crippen molar-refractivity contribution in [3.05, 3.63) is 72.3 Å². The number of piperazine rings is 1. The Bertz CT molecular complexity index is 1020. The van der Waals surface area contributed by atoms with E-state index in [1.807, 2.05) is 0 Å². The van der Waals surface area contributed by atoms with Crippen molar-refractivity contribution in [2.45, 2.75) is 0 Å². The van der Waals surface area contributed by atoms with Crippen LogP contribution in [0.1, 0.15) is 21.0 Å². The summed E-state index contributed by atoms with van der Waals surface area (Å²) in [5.74, 6) is -0.282. The number of nitrogens with one attached hydrogen (secondary N) is 1. The average Bonchev–Trinajstić information content (AvgIpc) is 3.30. The second kappa shape index (κ2) is 8.09. The molecule has 0 radical (unpaired) electrons. The zero-order valence-electron chi connectivity index (χ0n) is 15.4. The first-order chi connectivity index (χ1) is 14.1. The van der Waals surface area contributed by atoms with Crippen LogP contribution in [-0.4, -0.2) is 57.8 Å². The molecule has 148 valence electrons. The predicted molar refractivity (Wildman–Crippen MR) is 102 cm³/mol. The highest BCUT2D eigenvalue weighted by atomic mass is 19.1. The van der Waals surface area contributed by atoms with Crippen molar-refractivity contribution in [2.24, 2.45) is 0 Å². The van der Waals surface area contributed by atoms with Crippen molar-refractivity contribution >= 4 is 23.3 Å². The van der Waals surface area contributed by atoms with E-state index in [1.165, 1.54) is 24.7 Å². The molecule has 0 unspecified atom stereocenters. The van der Waals surface area contributed by atoms with E-state index < -0.39 is 5.82 Å². The summed E-state index contributed by atoms with van der Waals surface area (Å²) in [7, 11) is 0. The van der Waals surface area contributed by atoms with Gasteiger partial charge in [-0.3, -0.25) is 9.59 Å². The van der Waals surface area contributed by atoms with Crippen molar-refractivity contribution in [1.29, 1.82) is 0 Å². The van der Waals surface area contributed by atoms with Gasteiger partial charge in [0.2, 0.25) is 0 Å². The fourth-order valence-corrected chi connectivity index (χ4v) is 3.07. The summed E-state index contributed by atoms with van der Waals surface area (Å²) in [6.45, 7) is 1.56. The molecule has 0 bridgehead atoms. The molecule has 0 aliphatic carbocycles. The van der Waals surface area contributed by atoms with Crippen LogP contribution in [0.5, 0.6) is 0 Å². The Kier molecular flexibility index (Phi) is 5.19. The number of hydrogen-bond acceptors (Lipinski definition) is 6. The lowest BCUT2D eigenvalue weighted by atomic mass is 10.2. The number of amides is 2. The summed E-state index contributed by atoms with van der Waals surface area (Å²) >= 11 is 0. The van der Waals surface area contributed by atoms with Gasteiger partial charge in [0.1, 0.15) is 23.7 Å². The molecule has 4 rings (SSSR count). The van der Waals surface area contributed by atoms with E-state index in [0.717, 1.165) is 0 Å². The molecule has 1 fully saturated rings. The quantitative estimate of drug-likeness (QED) is 0.730. The van der Waals surface area contributed by atoms with Gasteiger partial charge in [-0.05, 0) is 24.3 Å². The molecular weight excluding hydrogens is 377 g/mol. The summed E-state index contributed by atoms with van der Waals surface area (Å²) in [5, 5.41) is 2.85. The normalized spacial score (nSPS) is 14.0. The number of furan rings is 1. The van der Waals surface area contributed by atoms with Crippen molar-refractivity contribution in [3.63, 3.8) is 0 Å². The molecule has 1 aromatic carbocycles. The molecular formula is C20H18FN5O3. The number of aromatic nitrogens is 2. The lowest BCUT2D eigenvalue weighted by Crippen LogP contribution is -2.50. The highest BCUT2D eigenvalue weighted by Crippen LogP contribution is 2.19. The van der Waals surface area contributed by atoms with Crippen molar-refractivity contribution in [1.82, 2.24) is 19.8 Å². The van der Waals surface area contributed by atoms with Crippen LogP contribution in [-0.2, 0) is 0 Å². The van der Waals surface area contributed by atoms with Gasteiger partial charge in [-0.1, -0.05) is 12.1 Å². The zero-order valence-corrected chi connectivity index (χ0v) is 15.4. The number of anilines is 2. The van der Waals surface area contributed by atoms with Crippen LogP contribution in [0.3, 0.4) is 0 Å². The van der Waals surface area contributed by atoms with Crippen LogP contribution >= 0.6 is 0 Å². The van der Waals surface area contributed by atoms with Crippen molar-refractivity contribution < 1.29 is 18.4 Å². The van der Waals surface area contributed by atoms with E-state index in [-0.39, 0.29) is 29.0 Å². The predicted octanol–water partition coefficient (Wildman–Crippen LogP) is 2.55. The second-order valence-electron chi connectivity index (χ2n) is 6.46. The first kappa shape index (κ1) is 18.6. The molecule has 3 heterocycles. The Morgan fingerprint density at radius 3 is 2.38 bits per heavy atom. The molecule has 9 heteroatoms. The molecule has 2 amide bonds. The Balaban J connectivity index is 1.40. The maximum atomic E-state index is 13.8. The molecule has 2 aromatic heterocycles. The van der Waals surface area contributed by atoms with Crippen molar-refractivity contribution in [3.8, 4) is 0 Å². The fraction of sp³-hybridized carbons (Fsp3) is 0.200. The lowest BCUT2D eigenvalue weighted by molar-refractivity contribution is 0.0515. The van der Waals surface area contributed by atoms with Gasteiger partial charge >= 0.3 is 0 Å². The summed E-state index contributed by atoms with van der Waals surface area (Å²) in [6.07, 6.45) is 2.71. The number of carbonyl (C=O) groups is 2. The third kappa shape index (κ3) is 4.08. The molecule has 29 heavy (non-hydrogen) atoms. The Labute approximate surface area is 166 Å². The number of carbonyl (C=O) groups excluding carboxylic acids is 2. The third-order valence-corrected chi connectivity index (χ3v) is 4.61. The minimum atomic E-state index is -0.420. The van der Waals surface area contributed by atoms with Gasteiger partial charge in [0, 0.05) is 32.2 Å². The zero-order chi connectivity index (χ0) is 20.2. The van der Waals surface area contributed by atoms with Crippen molar-refractivity contribution in [2.75, 3.05) is 31.5 Å². The molecule has 0 atom stereocenters. The number of halogens is 1. The maximum Gasteiger partial charge on any atom is 0.289 e. The van der Waals surface area contributed by atoms with Gasteiger partial charge in [0.05, 0.1) is 12.0 Å². The molecule has 1 saturated heterocycles. The minimum Gasteiger partial charge on any atom is -0.459 e. The highest BCUT2D eigenvalue weighted by Gasteiger charge is 2.27. The number of benzene rings is 1. The number of para-hydroxylation sites is 1. The SMILES string of the molecule is O=C(c1cc(Nc2ccccc2F)ncn1)N1CCN(C(=O)c2ccco2)CC1. The highest BCUT2D eigenvalue weighted by molar-refractivity contribution is 5.94. The van der Waals surface area contributed by atoms with E-state index >= 15 is 0 Å². The van der Waals surface area contributed by atoms with Gasteiger partial charge in [-0.25, -0.2) is 14.4 Å².